The summed E-state index contributed by atoms with van der Waals surface area (Å²) >= 11 is 0. The topological polar surface area (TPSA) is 70.6 Å². The zero-order chi connectivity index (χ0) is 11.1. The van der Waals surface area contributed by atoms with Crippen molar-refractivity contribution in [3.63, 3.8) is 0 Å². The zero-order valence-electron chi connectivity index (χ0n) is 8.62. The van der Waals surface area contributed by atoms with Gasteiger partial charge in [0.2, 0.25) is 0 Å². The maximum Gasteiger partial charge on any atom is 0.257 e. The number of benzene rings is 1. The van der Waals surface area contributed by atoms with Crippen molar-refractivity contribution in [2.45, 2.75) is 19.0 Å². The molecule has 1 aromatic rings. The molecule has 2 aliphatic rings. The molecule has 2 heterocycles. The van der Waals surface area contributed by atoms with E-state index in [1.165, 1.54) is 5.56 Å². The zero-order valence-corrected chi connectivity index (χ0v) is 8.62. The molecular weight excluding hydrogens is 206 g/mol. The van der Waals surface area contributed by atoms with Gasteiger partial charge in [-0.3, -0.25) is 4.79 Å². The van der Waals surface area contributed by atoms with Crippen LogP contribution in [-0.2, 0) is 17.8 Å². The fourth-order valence-corrected chi connectivity index (χ4v) is 2.41. The van der Waals surface area contributed by atoms with Gasteiger partial charge in [0, 0.05) is 12.1 Å². The van der Waals surface area contributed by atoms with Crippen molar-refractivity contribution < 1.29 is 4.79 Å². The Morgan fingerprint density at radius 1 is 1.38 bits per heavy atom. The van der Waals surface area contributed by atoms with E-state index in [4.69, 9.17) is 0 Å². The van der Waals surface area contributed by atoms with Gasteiger partial charge in [-0.1, -0.05) is 17.3 Å². The molecule has 0 saturated carbocycles. The summed E-state index contributed by atoms with van der Waals surface area (Å²) < 4.78 is 0. The van der Waals surface area contributed by atoms with Crippen LogP contribution in [0.1, 0.15) is 22.7 Å². The molecule has 1 atom stereocenters. The molecule has 0 aromatic heterocycles. The van der Waals surface area contributed by atoms with E-state index in [1.54, 1.807) is 0 Å². The third-order valence-corrected chi connectivity index (χ3v) is 3.21. The van der Waals surface area contributed by atoms with Gasteiger partial charge in [-0.15, -0.1) is 4.91 Å². The lowest BCUT2D eigenvalue weighted by molar-refractivity contribution is -0.116. The number of hydrogen-bond acceptors (Lipinski definition) is 4. The first-order valence-corrected chi connectivity index (χ1v) is 5.30. The fraction of sp³-hybridized carbons (Fsp3) is 0.364. The lowest BCUT2D eigenvalue weighted by Crippen LogP contribution is -2.24. The summed E-state index contributed by atoms with van der Waals surface area (Å²) in [5.74, 6) is -0.308. The summed E-state index contributed by atoms with van der Waals surface area (Å²) in [5, 5.41) is 8.92. The van der Waals surface area contributed by atoms with Crippen LogP contribution in [0, 0.1) is 4.91 Å². The standard InChI is InChI=1S/C11H11N3O2/c15-11-10(14-16)8-2-1-6-5-12-4-3-7(6)9(8)13-11/h1-2,10,12H,3-5H2,(H,13,15). The molecule has 1 unspecified atom stereocenters. The normalized spacial score (nSPS) is 22.2. The molecule has 82 valence electrons. The van der Waals surface area contributed by atoms with E-state index in [9.17, 15) is 9.70 Å². The minimum absolute atomic E-state index is 0.308. The average molecular weight is 217 g/mol. The van der Waals surface area contributed by atoms with Crippen LogP contribution in [0.25, 0.3) is 0 Å². The minimum Gasteiger partial charge on any atom is -0.323 e. The maximum absolute atomic E-state index is 11.5. The van der Waals surface area contributed by atoms with E-state index in [0.717, 1.165) is 36.3 Å². The molecule has 0 radical (unpaired) electrons. The number of nitrogens with zero attached hydrogens (tertiary/aromatic N) is 1. The lowest BCUT2D eigenvalue weighted by Gasteiger charge is -2.19. The highest BCUT2D eigenvalue weighted by Crippen LogP contribution is 2.38. The molecule has 1 amide bonds. The van der Waals surface area contributed by atoms with E-state index in [-0.39, 0.29) is 5.91 Å². The van der Waals surface area contributed by atoms with Crippen LogP contribution in [-0.4, -0.2) is 12.5 Å². The highest BCUT2D eigenvalue weighted by atomic mass is 16.3. The molecule has 2 N–H and O–H groups in total. The summed E-state index contributed by atoms with van der Waals surface area (Å²) in [6.07, 6.45) is 0.879. The van der Waals surface area contributed by atoms with Gasteiger partial charge in [0.05, 0.1) is 5.69 Å². The molecule has 5 nitrogen and oxygen atoms in total. The first-order chi connectivity index (χ1) is 7.81. The van der Waals surface area contributed by atoms with Crippen molar-refractivity contribution in [2.75, 3.05) is 11.9 Å². The first kappa shape index (κ1) is 9.47. The van der Waals surface area contributed by atoms with Crippen LogP contribution < -0.4 is 10.6 Å². The predicted octanol–water partition coefficient (Wildman–Crippen LogP) is 1.09. The van der Waals surface area contributed by atoms with Crippen LogP contribution in [0.5, 0.6) is 0 Å². The molecule has 1 aromatic carbocycles. The van der Waals surface area contributed by atoms with Gasteiger partial charge in [0.25, 0.3) is 5.91 Å². The number of carbonyl (C=O) groups excluding carboxylic acids is 1. The average Bonchev–Trinajstić information content (AvgIpc) is 2.65. The largest absolute Gasteiger partial charge is 0.323 e. The van der Waals surface area contributed by atoms with E-state index in [1.807, 2.05) is 12.1 Å². The van der Waals surface area contributed by atoms with Crippen LogP contribution in [0.3, 0.4) is 0 Å². The number of nitroso groups, excluding NO2 is 1. The summed E-state index contributed by atoms with van der Waals surface area (Å²) in [5.41, 5.74) is 3.88. The summed E-state index contributed by atoms with van der Waals surface area (Å²) in [6, 6.07) is 2.93. The molecular formula is C11H11N3O2. The summed E-state index contributed by atoms with van der Waals surface area (Å²) in [7, 11) is 0. The number of rotatable bonds is 1. The molecule has 0 aliphatic carbocycles. The molecule has 0 saturated heterocycles. The Labute approximate surface area is 92.2 Å². The molecule has 3 rings (SSSR count). The van der Waals surface area contributed by atoms with Crippen molar-refractivity contribution in [3.05, 3.63) is 33.7 Å². The number of fused-ring (bicyclic) bond motifs is 3. The number of anilines is 1. The van der Waals surface area contributed by atoms with Gasteiger partial charge in [-0.05, 0) is 24.1 Å². The third-order valence-electron chi connectivity index (χ3n) is 3.21. The monoisotopic (exact) mass is 217 g/mol. The van der Waals surface area contributed by atoms with Gasteiger partial charge in [0.1, 0.15) is 0 Å². The molecule has 5 heteroatoms. The molecule has 16 heavy (non-hydrogen) atoms. The Bertz CT molecular complexity index is 484. The van der Waals surface area contributed by atoms with E-state index in [2.05, 4.69) is 15.8 Å². The van der Waals surface area contributed by atoms with Crippen molar-refractivity contribution in [2.24, 2.45) is 5.18 Å². The molecule has 2 aliphatic heterocycles. The van der Waals surface area contributed by atoms with E-state index >= 15 is 0 Å². The highest BCUT2D eigenvalue weighted by Gasteiger charge is 2.34. The van der Waals surface area contributed by atoms with Crippen LogP contribution in [0.4, 0.5) is 5.69 Å². The smallest absolute Gasteiger partial charge is 0.257 e. The quantitative estimate of drug-likeness (QED) is 0.692. The van der Waals surface area contributed by atoms with Crippen molar-refractivity contribution in [1.82, 2.24) is 5.32 Å². The van der Waals surface area contributed by atoms with Gasteiger partial charge < -0.3 is 10.6 Å². The van der Waals surface area contributed by atoms with Crippen LogP contribution in [0.2, 0.25) is 0 Å². The van der Waals surface area contributed by atoms with Crippen molar-refractivity contribution in [1.29, 1.82) is 0 Å². The SMILES string of the molecule is O=NC1C(=O)Nc2c1ccc1c2CCNC1. The Balaban J connectivity index is 2.16. The van der Waals surface area contributed by atoms with Crippen LogP contribution in [0.15, 0.2) is 17.3 Å². The Morgan fingerprint density at radius 2 is 2.25 bits per heavy atom. The highest BCUT2D eigenvalue weighted by molar-refractivity contribution is 6.03. The second-order valence-electron chi connectivity index (χ2n) is 4.09. The number of carbonyl (C=O) groups is 1. The van der Waals surface area contributed by atoms with Gasteiger partial charge in [-0.2, -0.15) is 0 Å². The second-order valence-corrected chi connectivity index (χ2v) is 4.09. The second kappa shape index (κ2) is 3.38. The van der Waals surface area contributed by atoms with Crippen molar-refractivity contribution >= 4 is 11.6 Å². The van der Waals surface area contributed by atoms with Gasteiger partial charge in [0.15, 0.2) is 6.04 Å². The summed E-state index contributed by atoms with van der Waals surface area (Å²) in [6.45, 7) is 1.72. The van der Waals surface area contributed by atoms with Gasteiger partial charge in [-0.25, -0.2) is 0 Å². The maximum atomic E-state index is 11.5. The lowest BCUT2D eigenvalue weighted by atomic mass is 9.95. The number of hydrogen-bond donors (Lipinski definition) is 2. The third kappa shape index (κ3) is 1.18. The van der Waals surface area contributed by atoms with Crippen molar-refractivity contribution in [3.8, 4) is 0 Å². The summed E-state index contributed by atoms with van der Waals surface area (Å²) in [4.78, 5) is 22.2. The predicted molar refractivity (Wildman–Crippen MR) is 59.0 cm³/mol. The van der Waals surface area contributed by atoms with Gasteiger partial charge >= 0.3 is 0 Å². The minimum atomic E-state index is -0.866. The Kier molecular flexibility index (Phi) is 2.00. The Morgan fingerprint density at radius 3 is 3.06 bits per heavy atom. The Hall–Kier alpha value is -1.75. The molecule has 0 fully saturated rings. The molecule has 0 spiro atoms. The number of nitrogens with one attached hydrogen (secondary N) is 2. The number of amides is 1. The molecule has 0 bridgehead atoms. The van der Waals surface area contributed by atoms with E-state index < -0.39 is 6.04 Å². The fourth-order valence-electron chi connectivity index (χ4n) is 2.41. The first-order valence-electron chi connectivity index (χ1n) is 5.30. The van der Waals surface area contributed by atoms with Crippen LogP contribution >= 0.6 is 0 Å². The van der Waals surface area contributed by atoms with E-state index in [0.29, 0.717) is 0 Å².